The quantitative estimate of drug-likeness (QED) is 0.680. The average Bonchev–Trinajstić information content (AvgIpc) is 2.37. The summed E-state index contributed by atoms with van der Waals surface area (Å²) in [5.41, 5.74) is 8.54. The highest BCUT2D eigenvalue weighted by Gasteiger charge is 2.14. The lowest BCUT2D eigenvalue weighted by Crippen LogP contribution is -2.04. The van der Waals surface area contributed by atoms with E-state index in [1.165, 1.54) is 0 Å². The fourth-order valence-electron chi connectivity index (χ4n) is 2.04. The fourth-order valence-corrected chi connectivity index (χ4v) is 2.57. The van der Waals surface area contributed by atoms with Crippen molar-refractivity contribution in [1.82, 2.24) is 0 Å². The number of rotatable bonds is 4. The number of ketones is 1. The first kappa shape index (κ1) is 14.6. The van der Waals surface area contributed by atoms with E-state index in [4.69, 9.17) is 10.5 Å². The Morgan fingerprint density at radius 2 is 2.00 bits per heavy atom. The fraction of sp³-hybridized carbons (Fsp3) is 0.188. The molecule has 0 fully saturated rings. The van der Waals surface area contributed by atoms with Crippen molar-refractivity contribution in [3.63, 3.8) is 0 Å². The van der Waals surface area contributed by atoms with E-state index in [0.717, 1.165) is 11.3 Å². The zero-order chi connectivity index (χ0) is 14.7. The van der Waals surface area contributed by atoms with Crippen LogP contribution in [-0.2, 0) is 0 Å². The van der Waals surface area contributed by atoms with Gasteiger partial charge in [-0.3, -0.25) is 4.79 Å². The molecular formula is C16H16BrNO2. The monoisotopic (exact) mass is 333 g/mol. The minimum atomic E-state index is -0.0599. The van der Waals surface area contributed by atoms with Crippen LogP contribution in [0.5, 0.6) is 5.75 Å². The smallest absolute Gasteiger partial charge is 0.194 e. The third-order valence-corrected chi connectivity index (χ3v) is 3.51. The molecule has 0 radical (unpaired) electrons. The van der Waals surface area contributed by atoms with Gasteiger partial charge in [0.05, 0.1) is 6.61 Å². The molecule has 2 rings (SSSR count). The zero-order valence-electron chi connectivity index (χ0n) is 11.4. The molecule has 104 valence electrons. The number of anilines is 1. The molecule has 0 spiro atoms. The van der Waals surface area contributed by atoms with Crippen molar-refractivity contribution in [3.8, 4) is 5.75 Å². The molecule has 0 aliphatic carbocycles. The Balaban J connectivity index is 2.38. The number of aryl methyl sites for hydroxylation is 1. The Bertz CT molecular complexity index is 633. The van der Waals surface area contributed by atoms with E-state index in [1.807, 2.05) is 26.0 Å². The number of hydrogen-bond donors (Lipinski definition) is 1. The molecule has 0 heterocycles. The van der Waals surface area contributed by atoms with E-state index in [0.29, 0.717) is 27.9 Å². The molecule has 20 heavy (non-hydrogen) atoms. The van der Waals surface area contributed by atoms with Gasteiger partial charge in [-0.15, -0.1) is 0 Å². The second-order valence-electron chi connectivity index (χ2n) is 4.54. The SMILES string of the molecule is CCOc1ccc(C(=O)c2cc(C)cc(N)c2)c(Br)c1. The normalized spacial score (nSPS) is 10.3. The minimum absolute atomic E-state index is 0.0599. The lowest BCUT2D eigenvalue weighted by atomic mass is 10.0. The van der Waals surface area contributed by atoms with Gasteiger partial charge in [-0.1, -0.05) is 0 Å². The lowest BCUT2D eigenvalue weighted by molar-refractivity contribution is 0.103. The van der Waals surface area contributed by atoms with Crippen LogP contribution in [0.1, 0.15) is 28.4 Å². The Hall–Kier alpha value is -1.81. The molecule has 4 heteroatoms. The number of carbonyl (C=O) groups excluding carboxylic acids is 1. The van der Waals surface area contributed by atoms with Crippen LogP contribution in [0.15, 0.2) is 40.9 Å². The van der Waals surface area contributed by atoms with Crippen LogP contribution in [-0.4, -0.2) is 12.4 Å². The molecule has 0 aromatic heterocycles. The maximum atomic E-state index is 12.5. The Morgan fingerprint density at radius 1 is 1.25 bits per heavy atom. The highest BCUT2D eigenvalue weighted by molar-refractivity contribution is 9.10. The van der Waals surface area contributed by atoms with Gasteiger partial charge in [-0.05, 0) is 71.7 Å². The van der Waals surface area contributed by atoms with Crippen molar-refractivity contribution in [2.75, 3.05) is 12.3 Å². The molecule has 0 aliphatic heterocycles. The van der Waals surface area contributed by atoms with Crippen LogP contribution in [0.3, 0.4) is 0 Å². The molecule has 0 saturated carbocycles. The number of ether oxygens (including phenoxy) is 1. The summed E-state index contributed by atoms with van der Waals surface area (Å²) in [7, 11) is 0. The van der Waals surface area contributed by atoms with Crippen molar-refractivity contribution in [2.45, 2.75) is 13.8 Å². The summed E-state index contributed by atoms with van der Waals surface area (Å²) >= 11 is 3.42. The second-order valence-corrected chi connectivity index (χ2v) is 5.39. The summed E-state index contributed by atoms with van der Waals surface area (Å²) in [6.45, 7) is 4.43. The predicted octanol–water partition coefficient (Wildman–Crippen LogP) is 3.97. The molecule has 0 unspecified atom stereocenters. The third-order valence-electron chi connectivity index (χ3n) is 2.86. The van der Waals surface area contributed by atoms with Crippen molar-refractivity contribution in [3.05, 3.63) is 57.6 Å². The molecule has 0 aliphatic rings. The molecule has 3 nitrogen and oxygen atoms in total. The maximum Gasteiger partial charge on any atom is 0.194 e. The number of nitrogen functional groups attached to an aromatic ring is 1. The standard InChI is InChI=1S/C16H16BrNO2/c1-3-20-13-4-5-14(15(17)9-13)16(19)11-6-10(2)7-12(18)8-11/h4-9H,3,18H2,1-2H3. The summed E-state index contributed by atoms with van der Waals surface area (Å²) < 4.78 is 6.12. The van der Waals surface area contributed by atoms with Crippen molar-refractivity contribution < 1.29 is 9.53 Å². The third kappa shape index (κ3) is 3.20. The van der Waals surface area contributed by atoms with E-state index >= 15 is 0 Å². The van der Waals surface area contributed by atoms with E-state index in [2.05, 4.69) is 15.9 Å². The zero-order valence-corrected chi connectivity index (χ0v) is 13.0. The van der Waals surface area contributed by atoms with Crippen LogP contribution < -0.4 is 10.5 Å². The number of carbonyl (C=O) groups is 1. The number of benzene rings is 2. The van der Waals surface area contributed by atoms with E-state index in [-0.39, 0.29) is 5.78 Å². The molecule has 2 N–H and O–H groups in total. The van der Waals surface area contributed by atoms with Crippen LogP contribution >= 0.6 is 15.9 Å². The molecule has 2 aromatic carbocycles. The van der Waals surface area contributed by atoms with Crippen LogP contribution in [0.4, 0.5) is 5.69 Å². The summed E-state index contributed by atoms with van der Waals surface area (Å²) in [4.78, 5) is 12.5. The largest absolute Gasteiger partial charge is 0.494 e. The van der Waals surface area contributed by atoms with Gasteiger partial charge in [-0.25, -0.2) is 0 Å². The molecule has 0 bridgehead atoms. The van der Waals surface area contributed by atoms with E-state index in [1.54, 1.807) is 24.3 Å². The summed E-state index contributed by atoms with van der Waals surface area (Å²) in [5, 5.41) is 0. The Morgan fingerprint density at radius 3 is 2.60 bits per heavy atom. The van der Waals surface area contributed by atoms with Gasteiger partial charge in [0.15, 0.2) is 5.78 Å². The van der Waals surface area contributed by atoms with Gasteiger partial charge in [0, 0.05) is 21.3 Å². The molecular weight excluding hydrogens is 318 g/mol. The minimum Gasteiger partial charge on any atom is -0.494 e. The lowest BCUT2D eigenvalue weighted by Gasteiger charge is -2.08. The Labute approximate surface area is 126 Å². The van der Waals surface area contributed by atoms with Crippen LogP contribution in [0.2, 0.25) is 0 Å². The first-order valence-electron chi connectivity index (χ1n) is 6.35. The topological polar surface area (TPSA) is 52.3 Å². The van der Waals surface area contributed by atoms with Gasteiger partial charge < -0.3 is 10.5 Å². The average molecular weight is 334 g/mol. The van der Waals surface area contributed by atoms with Gasteiger partial charge in [0.2, 0.25) is 0 Å². The maximum absolute atomic E-state index is 12.5. The number of nitrogens with two attached hydrogens (primary N) is 1. The van der Waals surface area contributed by atoms with Gasteiger partial charge in [0.25, 0.3) is 0 Å². The van der Waals surface area contributed by atoms with Crippen LogP contribution in [0.25, 0.3) is 0 Å². The molecule has 0 amide bonds. The van der Waals surface area contributed by atoms with Gasteiger partial charge in [0.1, 0.15) is 5.75 Å². The molecule has 0 atom stereocenters. The highest BCUT2D eigenvalue weighted by atomic mass is 79.9. The van der Waals surface area contributed by atoms with E-state index in [9.17, 15) is 4.79 Å². The van der Waals surface area contributed by atoms with Gasteiger partial charge >= 0.3 is 0 Å². The van der Waals surface area contributed by atoms with Crippen molar-refractivity contribution in [2.24, 2.45) is 0 Å². The first-order valence-corrected chi connectivity index (χ1v) is 7.14. The summed E-state index contributed by atoms with van der Waals surface area (Å²) in [5.74, 6) is 0.676. The first-order chi connectivity index (χ1) is 9.51. The van der Waals surface area contributed by atoms with Gasteiger partial charge in [-0.2, -0.15) is 0 Å². The Kier molecular flexibility index (Phi) is 4.45. The number of halogens is 1. The van der Waals surface area contributed by atoms with Crippen molar-refractivity contribution >= 4 is 27.4 Å². The molecule has 2 aromatic rings. The molecule has 0 saturated heterocycles. The predicted molar refractivity (Wildman–Crippen MR) is 84.3 cm³/mol. The summed E-state index contributed by atoms with van der Waals surface area (Å²) in [6.07, 6.45) is 0. The summed E-state index contributed by atoms with van der Waals surface area (Å²) in [6, 6.07) is 10.7. The number of hydrogen-bond acceptors (Lipinski definition) is 3. The van der Waals surface area contributed by atoms with Crippen LogP contribution in [0, 0.1) is 6.92 Å². The second kappa shape index (κ2) is 6.09. The highest BCUT2D eigenvalue weighted by Crippen LogP contribution is 2.26. The van der Waals surface area contributed by atoms with E-state index < -0.39 is 0 Å². The van der Waals surface area contributed by atoms with Crippen molar-refractivity contribution in [1.29, 1.82) is 0 Å².